The molecule has 5 heteroatoms. The van der Waals surface area contributed by atoms with Crippen molar-refractivity contribution < 1.29 is 4.79 Å². The quantitative estimate of drug-likeness (QED) is 0.938. The highest BCUT2D eigenvalue weighted by molar-refractivity contribution is 5.83. The lowest BCUT2D eigenvalue weighted by Gasteiger charge is -2.34. The molecule has 1 aliphatic rings. The Hall–Kier alpha value is -2.14. The van der Waals surface area contributed by atoms with Gasteiger partial charge in [0.2, 0.25) is 5.91 Å². The van der Waals surface area contributed by atoms with Crippen molar-refractivity contribution in [2.75, 3.05) is 13.1 Å². The standard InChI is InChI=1S/C18H24N4O/c1-21-11-9-20-16(21)12-14-6-5-10-22(13-14)18(23)17(19)15-7-3-2-4-8-15/h2-4,7-9,11,14,17H,5-6,10,12-13,19H2,1H3/t14-,17+/m1/s1. The van der Waals surface area contributed by atoms with Gasteiger partial charge in [-0.3, -0.25) is 4.79 Å². The summed E-state index contributed by atoms with van der Waals surface area (Å²) in [6, 6.07) is 9.04. The van der Waals surface area contributed by atoms with Crippen LogP contribution >= 0.6 is 0 Å². The van der Waals surface area contributed by atoms with E-state index < -0.39 is 6.04 Å². The van der Waals surface area contributed by atoms with Crippen molar-refractivity contribution in [3.8, 4) is 0 Å². The molecular weight excluding hydrogens is 288 g/mol. The fraction of sp³-hybridized carbons (Fsp3) is 0.444. The number of nitrogens with zero attached hydrogens (tertiary/aromatic N) is 3. The van der Waals surface area contributed by atoms with E-state index in [2.05, 4.69) is 9.55 Å². The molecule has 0 aliphatic carbocycles. The predicted molar refractivity (Wildman–Crippen MR) is 89.6 cm³/mol. The molecule has 0 radical (unpaired) electrons. The van der Waals surface area contributed by atoms with Gasteiger partial charge in [-0.05, 0) is 24.3 Å². The number of carbonyl (C=O) groups is 1. The molecule has 0 spiro atoms. The molecule has 3 rings (SSSR count). The van der Waals surface area contributed by atoms with Crippen LogP contribution in [0.3, 0.4) is 0 Å². The molecular formula is C18H24N4O. The molecule has 2 aromatic rings. The number of aromatic nitrogens is 2. The van der Waals surface area contributed by atoms with Crippen LogP contribution in [0.1, 0.15) is 30.3 Å². The molecule has 1 aliphatic heterocycles. The van der Waals surface area contributed by atoms with E-state index in [1.807, 2.05) is 54.7 Å². The highest BCUT2D eigenvalue weighted by Gasteiger charge is 2.28. The van der Waals surface area contributed by atoms with Gasteiger partial charge in [-0.15, -0.1) is 0 Å². The number of piperidine rings is 1. The van der Waals surface area contributed by atoms with Gasteiger partial charge in [0.1, 0.15) is 11.9 Å². The summed E-state index contributed by atoms with van der Waals surface area (Å²) in [6.45, 7) is 1.57. The van der Waals surface area contributed by atoms with Gasteiger partial charge in [0.05, 0.1) is 0 Å². The topological polar surface area (TPSA) is 64.2 Å². The van der Waals surface area contributed by atoms with E-state index in [1.54, 1.807) is 0 Å². The average molecular weight is 312 g/mol. The smallest absolute Gasteiger partial charge is 0.244 e. The Bertz CT molecular complexity index is 652. The van der Waals surface area contributed by atoms with Gasteiger partial charge >= 0.3 is 0 Å². The van der Waals surface area contributed by atoms with Crippen LogP contribution in [-0.4, -0.2) is 33.4 Å². The summed E-state index contributed by atoms with van der Waals surface area (Å²) in [6.07, 6.45) is 6.87. The zero-order valence-corrected chi connectivity index (χ0v) is 13.6. The molecule has 2 heterocycles. The van der Waals surface area contributed by atoms with Crippen molar-refractivity contribution in [2.45, 2.75) is 25.3 Å². The van der Waals surface area contributed by atoms with Crippen LogP contribution in [0.4, 0.5) is 0 Å². The van der Waals surface area contributed by atoms with Crippen LogP contribution in [0.15, 0.2) is 42.7 Å². The maximum atomic E-state index is 12.7. The average Bonchev–Trinajstić information content (AvgIpc) is 2.99. The molecule has 0 saturated carbocycles. The Morgan fingerprint density at radius 1 is 1.39 bits per heavy atom. The van der Waals surface area contributed by atoms with Crippen LogP contribution in [0.5, 0.6) is 0 Å². The van der Waals surface area contributed by atoms with Gasteiger partial charge in [0, 0.05) is 39.0 Å². The highest BCUT2D eigenvalue weighted by Crippen LogP contribution is 2.23. The van der Waals surface area contributed by atoms with Crippen molar-refractivity contribution >= 4 is 5.91 Å². The number of benzene rings is 1. The van der Waals surface area contributed by atoms with Gasteiger partial charge in [-0.25, -0.2) is 4.98 Å². The van der Waals surface area contributed by atoms with Crippen molar-refractivity contribution in [1.29, 1.82) is 0 Å². The number of rotatable bonds is 4. The van der Waals surface area contributed by atoms with E-state index in [1.165, 1.54) is 0 Å². The number of carbonyl (C=O) groups excluding carboxylic acids is 1. The second-order valence-corrected chi connectivity index (χ2v) is 6.34. The third-order valence-electron chi connectivity index (χ3n) is 4.65. The second-order valence-electron chi connectivity index (χ2n) is 6.34. The first-order valence-corrected chi connectivity index (χ1v) is 8.20. The van der Waals surface area contributed by atoms with Crippen molar-refractivity contribution in [2.24, 2.45) is 18.7 Å². The lowest BCUT2D eigenvalue weighted by atomic mass is 9.93. The Morgan fingerprint density at radius 3 is 2.87 bits per heavy atom. The fourth-order valence-electron chi connectivity index (χ4n) is 3.28. The fourth-order valence-corrected chi connectivity index (χ4v) is 3.28. The molecule has 0 unspecified atom stereocenters. The van der Waals surface area contributed by atoms with E-state index in [0.29, 0.717) is 5.92 Å². The monoisotopic (exact) mass is 312 g/mol. The first-order valence-electron chi connectivity index (χ1n) is 8.20. The van der Waals surface area contributed by atoms with Crippen LogP contribution in [0.25, 0.3) is 0 Å². The Balaban J connectivity index is 1.64. The van der Waals surface area contributed by atoms with Gasteiger partial charge in [-0.1, -0.05) is 30.3 Å². The molecule has 5 nitrogen and oxygen atoms in total. The maximum Gasteiger partial charge on any atom is 0.244 e. The molecule has 1 aromatic heterocycles. The number of aryl methyl sites for hydroxylation is 1. The van der Waals surface area contributed by atoms with E-state index in [4.69, 9.17) is 5.73 Å². The van der Waals surface area contributed by atoms with Gasteiger partial charge in [0.25, 0.3) is 0 Å². The first kappa shape index (κ1) is 15.7. The summed E-state index contributed by atoms with van der Waals surface area (Å²) in [5, 5.41) is 0. The van der Waals surface area contributed by atoms with Crippen molar-refractivity contribution in [1.82, 2.24) is 14.5 Å². The molecule has 2 N–H and O–H groups in total. The number of hydrogen-bond acceptors (Lipinski definition) is 3. The lowest BCUT2D eigenvalue weighted by molar-refractivity contribution is -0.134. The molecule has 1 aromatic carbocycles. The lowest BCUT2D eigenvalue weighted by Crippen LogP contribution is -2.44. The second kappa shape index (κ2) is 6.96. The van der Waals surface area contributed by atoms with E-state index in [-0.39, 0.29) is 5.91 Å². The summed E-state index contributed by atoms with van der Waals surface area (Å²) < 4.78 is 2.05. The van der Waals surface area contributed by atoms with E-state index in [0.717, 1.165) is 43.7 Å². The molecule has 0 bridgehead atoms. The van der Waals surface area contributed by atoms with Crippen molar-refractivity contribution in [3.05, 3.63) is 54.1 Å². The summed E-state index contributed by atoms with van der Waals surface area (Å²) in [4.78, 5) is 19.0. The van der Waals surface area contributed by atoms with E-state index in [9.17, 15) is 4.79 Å². The number of amides is 1. The molecule has 1 fully saturated rings. The zero-order valence-electron chi connectivity index (χ0n) is 13.6. The number of likely N-dealkylation sites (tertiary alicyclic amines) is 1. The van der Waals surface area contributed by atoms with Gasteiger partial charge < -0.3 is 15.2 Å². The molecule has 1 saturated heterocycles. The number of imidazole rings is 1. The van der Waals surface area contributed by atoms with E-state index >= 15 is 0 Å². The van der Waals surface area contributed by atoms with Gasteiger partial charge in [-0.2, -0.15) is 0 Å². The normalized spacial score (nSPS) is 19.6. The highest BCUT2D eigenvalue weighted by atomic mass is 16.2. The third-order valence-corrected chi connectivity index (χ3v) is 4.65. The Morgan fingerprint density at radius 2 is 2.17 bits per heavy atom. The SMILES string of the molecule is Cn1ccnc1C[C@H]1CCCN(C(=O)[C@@H](N)c2ccccc2)C1. The largest absolute Gasteiger partial charge is 0.341 e. The predicted octanol–water partition coefficient (Wildman–Crippen LogP) is 1.90. The summed E-state index contributed by atoms with van der Waals surface area (Å²) in [5.41, 5.74) is 7.05. The van der Waals surface area contributed by atoms with Crippen LogP contribution in [-0.2, 0) is 18.3 Å². The minimum absolute atomic E-state index is 0.0285. The molecule has 2 atom stereocenters. The number of nitrogens with two attached hydrogens (primary N) is 1. The Kier molecular flexibility index (Phi) is 4.76. The van der Waals surface area contributed by atoms with Crippen LogP contribution in [0.2, 0.25) is 0 Å². The van der Waals surface area contributed by atoms with Gasteiger partial charge in [0.15, 0.2) is 0 Å². The maximum absolute atomic E-state index is 12.7. The minimum atomic E-state index is -0.567. The molecule has 122 valence electrons. The Labute approximate surface area is 137 Å². The minimum Gasteiger partial charge on any atom is -0.341 e. The van der Waals surface area contributed by atoms with Crippen LogP contribution < -0.4 is 5.73 Å². The summed E-state index contributed by atoms with van der Waals surface area (Å²) in [7, 11) is 2.01. The summed E-state index contributed by atoms with van der Waals surface area (Å²) >= 11 is 0. The third kappa shape index (κ3) is 3.62. The van der Waals surface area contributed by atoms with Crippen molar-refractivity contribution in [3.63, 3.8) is 0 Å². The number of hydrogen-bond donors (Lipinski definition) is 1. The molecule has 1 amide bonds. The first-order chi connectivity index (χ1) is 11.1. The molecule has 23 heavy (non-hydrogen) atoms. The summed E-state index contributed by atoms with van der Waals surface area (Å²) in [5.74, 6) is 1.56. The van der Waals surface area contributed by atoms with Crippen LogP contribution in [0, 0.1) is 5.92 Å². The zero-order chi connectivity index (χ0) is 16.2.